The highest BCUT2D eigenvalue weighted by Crippen LogP contribution is 2.57. The highest BCUT2D eigenvalue weighted by atomic mass is 16.6. The van der Waals surface area contributed by atoms with Gasteiger partial charge in [0, 0.05) is 30.6 Å². The average molecular weight is 587 g/mol. The van der Waals surface area contributed by atoms with Gasteiger partial charge in [0.1, 0.15) is 18.0 Å². The summed E-state index contributed by atoms with van der Waals surface area (Å²) in [6.07, 6.45) is 1.53. The van der Waals surface area contributed by atoms with Crippen molar-refractivity contribution in [2.75, 3.05) is 19.7 Å². The Morgan fingerprint density at radius 2 is 1.63 bits per heavy atom. The number of carbonyl (C=O) groups excluding carboxylic acids is 2. The molecule has 1 aromatic heterocycles. The van der Waals surface area contributed by atoms with Gasteiger partial charge in [-0.05, 0) is 80.7 Å². The highest BCUT2D eigenvalue weighted by molar-refractivity contribution is 5.84. The third-order valence-electron chi connectivity index (χ3n) is 9.08. The van der Waals surface area contributed by atoms with E-state index in [9.17, 15) is 19.5 Å². The Balaban J connectivity index is 1.20. The lowest BCUT2D eigenvalue weighted by molar-refractivity contribution is 0.0151. The van der Waals surface area contributed by atoms with Crippen molar-refractivity contribution in [1.29, 1.82) is 0 Å². The fourth-order valence-corrected chi connectivity index (χ4v) is 6.71. The smallest absolute Gasteiger partial charge is 0.410 e. The molecule has 2 aliphatic carbocycles. The fraction of sp³-hybridized carbons (Fsp3) is 0.441. The quantitative estimate of drug-likeness (QED) is 0.337. The molecule has 1 N–H and O–H groups in total. The Morgan fingerprint density at radius 1 is 1.02 bits per heavy atom. The zero-order valence-electron chi connectivity index (χ0n) is 25.1. The summed E-state index contributed by atoms with van der Waals surface area (Å²) in [6, 6.07) is 17.8. The van der Waals surface area contributed by atoms with Crippen LogP contribution in [0.2, 0.25) is 0 Å². The second-order valence-corrected chi connectivity index (χ2v) is 13.0. The Kier molecular flexibility index (Phi) is 7.22. The Hall–Kier alpha value is -4.27. The van der Waals surface area contributed by atoms with Crippen LogP contribution < -0.4 is 0 Å². The molecule has 0 bridgehead atoms. The van der Waals surface area contributed by atoms with Crippen molar-refractivity contribution in [2.24, 2.45) is 5.41 Å². The molecule has 6 rings (SSSR count). The number of hydrogen-bond acceptors (Lipinski definition) is 6. The van der Waals surface area contributed by atoms with Crippen LogP contribution in [-0.2, 0) is 16.0 Å². The molecule has 9 heteroatoms. The van der Waals surface area contributed by atoms with Gasteiger partial charge < -0.3 is 28.8 Å². The van der Waals surface area contributed by atoms with Crippen molar-refractivity contribution in [3.8, 4) is 11.1 Å². The molecule has 1 unspecified atom stereocenters. The van der Waals surface area contributed by atoms with Gasteiger partial charge >= 0.3 is 18.2 Å². The van der Waals surface area contributed by atoms with Crippen molar-refractivity contribution in [1.82, 2.24) is 9.80 Å². The van der Waals surface area contributed by atoms with Crippen LogP contribution in [0.15, 0.2) is 59.0 Å². The molecule has 2 amide bonds. The number of piperidine rings is 1. The van der Waals surface area contributed by atoms with E-state index in [1.54, 1.807) is 16.7 Å². The predicted molar refractivity (Wildman–Crippen MR) is 159 cm³/mol. The number of carbonyl (C=O) groups is 3. The van der Waals surface area contributed by atoms with Crippen molar-refractivity contribution in [3.05, 3.63) is 82.8 Å². The van der Waals surface area contributed by atoms with E-state index in [4.69, 9.17) is 13.9 Å². The molecule has 1 saturated carbocycles. The normalized spacial score (nSPS) is 18.6. The summed E-state index contributed by atoms with van der Waals surface area (Å²) >= 11 is 0. The van der Waals surface area contributed by atoms with E-state index < -0.39 is 17.7 Å². The number of hydrogen-bond donors (Lipinski definition) is 1. The summed E-state index contributed by atoms with van der Waals surface area (Å²) < 4.78 is 17.1. The Bertz CT molecular complexity index is 1520. The third kappa shape index (κ3) is 5.60. The number of aryl methyl sites for hydroxylation is 1. The summed E-state index contributed by atoms with van der Waals surface area (Å²) in [5.74, 6) is -0.920. The second-order valence-electron chi connectivity index (χ2n) is 13.0. The SMILES string of the molecule is Cc1oc(C(=O)O)cc1CN(C(=O)OCC1c2ccccc2-c2ccccc21)C1CC12CCN(C(=O)OC(C)(C)C)CC2. The maximum absolute atomic E-state index is 13.9. The first-order chi connectivity index (χ1) is 20.5. The van der Waals surface area contributed by atoms with Crippen molar-refractivity contribution < 1.29 is 33.4 Å². The molecule has 3 aromatic rings. The van der Waals surface area contributed by atoms with Crippen LogP contribution in [0, 0.1) is 12.3 Å². The van der Waals surface area contributed by atoms with E-state index in [2.05, 4.69) is 24.3 Å². The van der Waals surface area contributed by atoms with E-state index >= 15 is 0 Å². The van der Waals surface area contributed by atoms with Crippen molar-refractivity contribution >= 4 is 18.2 Å². The average Bonchev–Trinajstić information content (AvgIpc) is 3.35. The summed E-state index contributed by atoms with van der Waals surface area (Å²) in [6.45, 7) is 8.75. The zero-order valence-corrected chi connectivity index (χ0v) is 25.1. The van der Waals surface area contributed by atoms with Gasteiger partial charge in [-0.15, -0.1) is 0 Å². The lowest BCUT2D eigenvalue weighted by Gasteiger charge is -2.35. The van der Waals surface area contributed by atoms with Gasteiger partial charge in [0.05, 0.1) is 6.54 Å². The lowest BCUT2D eigenvalue weighted by Crippen LogP contribution is -2.44. The maximum atomic E-state index is 13.9. The molecule has 9 nitrogen and oxygen atoms in total. The van der Waals surface area contributed by atoms with Gasteiger partial charge in [-0.1, -0.05) is 48.5 Å². The second kappa shape index (κ2) is 10.8. The van der Waals surface area contributed by atoms with Crippen LogP contribution in [0.1, 0.15) is 79.0 Å². The van der Waals surface area contributed by atoms with Crippen LogP contribution in [0.5, 0.6) is 0 Å². The first kappa shape index (κ1) is 28.8. The minimum Gasteiger partial charge on any atom is -0.475 e. The molecule has 1 spiro atoms. The molecule has 1 saturated heterocycles. The maximum Gasteiger partial charge on any atom is 0.410 e. The molecule has 3 aliphatic rings. The molecule has 2 aromatic carbocycles. The van der Waals surface area contributed by atoms with E-state index in [1.807, 2.05) is 45.0 Å². The number of nitrogens with zero attached hydrogens (tertiary/aromatic N) is 2. The molecule has 1 aliphatic heterocycles. The molecule has 2 fully saturated rings. The number of aromatic carboxylic acids is 1. The number of fused-ring (bicyclic) bond motifs is 3. The van der Waals surface area contributed by atoms with E-state index in [0.29, 0.717) is 24.4 Å². The fourth-order valence-electron chi connectivity index (χ4n) is 6.71. The topological polar surface area (TPSA) is 110 Å². The standard InChI is InChI=1S/C34H38N2O7/c1-21-22(17-28(42-21)30(37)38)19-36(29-18-34(29)13-15-35(16-14-34)31(39)43-33(2,3)4)32(40)41-20-27-25-11-7-5-9-23(25)24-10-6-8-12-26(24)27/h5-12,17,27,29H,13-16,18-20H2,1-4H3,(H,37,38). The number of rotatable bonds is 6. The summed E-state index contributed by atoms with van der Waals surface area (Å²) in [4.78, 5) is 41.6. The number of likely N-dealkylation sites (tertiary alicyclic amines) is 1. The van der Waals surface area contributed by atoms with Gasteiger partial charge in [-0.25, -0.2) is 14.4 Å². The largest absolute Gasteiger partial charge is 0.475 e. The van der Waals surface area contributed by atoms with Crippen LogP contribution in [0.25, 0.3) is 11.1 Å². The van der Waals surface area contributed by atoms with Crippen molar-refractivity contribution in [2.45, 2.75) is 71.1 Å². The van der Waals surface area contributed by atoms with E-state index in [0.717, 1.165) is 41.5 Å². The molecule has 2 heterocycles. The minimum absolute atomic E-state index is 0.0716. The van der Waals surface area contributed by atoms with Gasteiger partial charge in [0.2, 0.25) is 5.76 Å². The molecular weight excluding hydrogens is 548 g/mol. The summed E-state index contributed by atoms with van der Waals surface area (Å²) in [5, 5.41) is 9.45. The molecule has 0 radical (unpaired) electrons. The number of carboxylic acid groups (broad SMARTS) is 1. The van der Waals surface area contributed by atoms with Crippen LogP contribution in [0.3, 0.4) is 0 Å². The van der Waals surface area contributed by atoms with Crippen molar-refractivity contribution in [3.63, 3.8) is 0 Å². The van der Waals surface area contributed by atoms with Crippen LogP contribution >= 0.6 is 0 Å². The molecular formula is C34H38N2O7. The lowest BCUT2D eigenvalue weighted by atomic mass is 9.92. The van der Waals surface area contributed by atoms with Crippen LogP contribution in [0.4, 0.5) is 9.59 Å². The number of amides is 2. The Labute approximate surface area is 251 Å². The first-order valence-electron chi connectivity index (χ1n) is 14.9. The van der Waals surface area contributed by atoms with Gasteiger partial charge in [-0.3, -0.25) is 0 Å². The van der Waals surface area contributed by atoms with E-state index in [1.165, 1.54) is 6.07 Å². The Morgan fingerprint density at radius 3 is 2.19 bits per heavy atom. The van der Waals surface area contributed by atoms with Gasteiger partial charge in [0.25, 0.3) is 0 Å². The number of benzene rings is 2. The zero-order chi connectivity index (χ0) is 30.5. The monoisotopic (exact) mass is 586 g/mol. The molecule has 1 atom stereocenters. The number of ether oxygens (including phenoxy) is 2. The highest BCUT2D eigenvalue weighted by Gasteiger charge is 2.59. The number of furan rings is 1. The van der Waals surface area contributed by atoms with Gasteiger partial charge in [0.15, 0.2) is 0 Å². The van der Waals surface area contributed by atoms with E-state index in [-0.39, 0.29) is 42.4 Å². The summed E-state index contributed by atoms with van der Waals surface area (Å²) in [5.41, 5.74) is 4.53. The number of carboxylic acids is 1. The molecule has 226 valence electrons. The summed E-state index contributed by atoms with van der Waals surface area (Å²) in [7, 11) is 0. The third-order valence-corrected chi connectivity index (χ3v) is 9.08. The van der Waals surface area contributed by atoms with Gasteiger partial charge in [-0.2, -0.15) is 0 Å². The first-order valence-corrected chi connectivity index (χ1v) is 14.9. The molecule has 43 heavy (non-hydrogen) atoms. The van der Waals surface area contributed by atoms with Crippen LogP contribution in [-0.4, -0.2) is 64.4 Å². The predicted octanol–water partition coefficient (Wildman–Crippen LogP) is 6.83. The minimum atomic E-state index is -1.15.